The van der Waals surface area contributed by atoms with Crippen LogP contribution in [-0.4, -0.2) is 24.3 Å². The number of nitro groups is 1. The zero-order valence-corrected chi connectivity index (χ0v) is 13.0. The van der Waals surface area contributed by atoms with Gasteiger partial charge in [-0.2, -0.15) is 0 Å². The summed E-state index contributed by atoms with van der Waals surface area (Å²) in [7, 11) is -1.53. The molecule has 1 rings (SSSR count). The summed E-state index contributed by atoms with van der Waals surface area (Å²) >= 11 is 0. The molecule has 0 saturated heterocycles. The van der Waals surface area contributed by atoms with Gasteiger partial charge in [0.15, 0.2) is 6.16 Å². The van der Waals surface area contributed by atoms with E-state index in [1.54, 1.807) is 24.3 Å². The van der Waals surface area contributed by atoms with Crippen LogP contribution in [-0.2, 0) is 9.09 Å². The Hall–Kier alpha value is -1.78. The van der Waals surface area contributed by atoms with Crippen molar-refractivity contribution in [3.05, 3.63) is 45.6 Å². The van der Waals surface area contributed by atoms with Crippen molar-refractivity contribution in [1.82, 2.24) is 0 Å². The van der Waals surface area contributed by atoms with E-state index in [1.165, 1.54) is 13.0 Å². The smallest absolute Gasteiger partial charge is 0.494 e. The summed E-state index contributed by atoms with van der Waals surface area (Å²) in [6.45, 7) is 4.14. The molecular formula is C14H19NO5P+. The number of hydrogen-bond acceptors (Lipinski definition) is 5. The van der Waals surface area contributed by atoms with Gasteiger partial charge >= 0.3 is 8.03 Å². The predicted octanol–water partition coefficient (Wildman–Crippen LogP) is 3.87. The average Bonchev–Trinajstić information content (AvgIpc) is 2.48. The highest BCUT2D eigenvalue weighted by atomic mass is 31.1. The second kappa shape index (κ2) is 9.21. The van der Waals surface area contributed by atoms with Crippen LogP contribution in [0.4, 0.5) is 0 Å². The molecule has 21 heavy (non-hydrogen) atoms. The molecule has 0 N–H and O–H groups in total. The maximum Gasteiger partial charge on any atom is 0.507 e. The first-order chi connectivity index (χ1) is 10.0. The van der Waals surface area contributed by atoms with Crippen LogP contribution in [0.15, 0.2) is 30.0 Å². The molecule has 1 unspecified atom stereocenters. The first-order valence-corrected chi connectivity index (χ1v) is 8.02. The quantitative estimate of drug-likeness (QED) is 0.299. The van der Waals surface area contributed by atoms with Gasteiger partial charge in [0.25, 0.3) is 0 Å². The first kappa shape index (κ1) is 17.3. The molecule has 0 fully saturated rings. The van der Waals surface area contributed by atoms with E-state index >= 15 is 0 Å². The van der Waals surface area contributed by atoms with Crippen molar-refractivity contribution in [1.29, 1.82) is 0 Å². The molecule has 0 saturated carbocycles. The summed E-state index contributed by atoms with van der Waals surface area (Å²) in [4.78, 5) is 10.1. The largest absolute Gasteiger partial charge is 0.507 e. The second-order valence-corrected chi connectivity index (χ2v) is 5.85. The van der Waals surface area contributed by atoms with E-state index in [2.05, 4.69) is 0 Å². The molecule has 114 valence electrons. The summed E-state index contributed by atoms with van der Waals surface area (Å²) in [5.41, 5.74) is 0.839. The minimum Gasteiger partial charge on any atom is -0.494 e. The maximum absolute atomic E-state index is 11.1. The topological polar surface area (TPSA) is 78.7 Å². The highest BCUT2D eigenvalue weighted by Crippen LogP contribution is 2.20. The van der Waals surface area contributed by atoms with Crippen molar-refractivity contribution in [2.45, 2.75) is 20.3 Å². The number of benzene rings is 1. The highest BCUT2D eigenvalue weighted by molar-refractivity contribution is 7.39. The third-order valence-electron chi connectivity index (χ3n) is 2.59. The Kier molecular flexibility index (Phi) is 7.58. The third kappa shape index (κ3) is 6.97. The molecule has 0 aromatic heterocycles. The summed E-state index contributed by atoms with van der Waals surface area (Å²) in [5.74, 6) is 0.686. The molecule has 0 bridgehead atoms. The second-order valence-electron chi connectivity index (χ2n) is 4.30. The summed E-state index contributed by atoms with van der Waals surface area (Å²) in [5, 5.41) is 10.5. The Labute approximate surface area is 124 Å². The molecule has 0 aliphatic carbocycles. The van der Waals surface area contributed by atoms with Crippen molar-refractivity contribution in [3.8, 4) is 5.75 Å². The summed E-state index contributed by atoms with van der Waals surface area (Å²) in [6, 6.07) is 7.03. The van der Waals surface area contributed by atoms with Gasteiger partial charge in [-0.05, 0) is 29.2 Å². The zero-order chi connectivity index (χ0) is 15.7. The van der Waals surface area contributed by atoms with E-state index in [-0.39, 0.29) is 5.70 Å². The van der Waals surface area contributed by atoms with Crippen LogP contribution in [0.5, 0.6) is 5.75 Å². The normalized spacial score (nSPS) is 12.1. The lowest BCUT2D eigenvalue weighted by Crippen LogP contribution is -2.01. The van der Waals surface area contributed by atoms with Crippen LogP contribution in [0.25, 0.3) is 6.08 Å². The van der Waals surface area contributed by atoms with Gasteiger partial charge in [0.2, 0.25) is 5.70 Å². The molecule has 1 aromatic rings. The maximum atomic E-state index is 11.1. The Morgan fingerprint density at radius 1 is 1.33 bits per heavy atom. The lowest BCUT2D eigenvalue weighted by Gasteiger charge is -2.04. The molecule has 0 aliphatic heterocycles. The van der Waals surface area contributed by atoms with E-state index in [9.17, 15) is 14.7 Å². The monoisotopic (exact) mass is 312 g/mol. The van der Waals surface area contributed by atoms with E-state index < -0.39 is 13.0 Å². The van der Waals surface area contributed by atoms with Gasteiger partial charge in [0.1, 0.15) is 12.4 Å². The van der Waals surface area contributed by atoms with Crippen molar-refractivity contribution in [3.63, 3.8) is 0 Å². The standard InChI is InChI=1S/C14H19NO5P/c1-3-21(18)20-10-4-9-19-14-7-5-13(6-8-14)11-12(2)15(16)17/h5-8,11H,3-4,9-10H2,1-2H3/q+1. The lowest BCUT2D eigenvalue weighted by molar-refractivity contribution is -0.422. The van der Waals surface area contributed by atoms with E-state index in [0.717, 1.165) is 5.56 Å². The molecule has 0 spiro atoms. The Balaban J connectivity index is 2.36. The van der Waals surface area contributed by atoms with Crippen molar-refractivity contribution < 1.29 is 18.7 Å². The summed E-state index contributed by atoms with van der Waals surface area (Å²) in [6.07, 6.45) is 2.68. The molecule has 1 aromatic carbocycles. The zero-order valence-electron chi connectivity index (χ0n) is 12.2. The number of nitrogens with zero attached hydrogens (tertiary/aromatic N) is 1. The average molecular weight is 312 g/mol. The predicted molar refractivity (Wildman–Crippen MR) is 81.3 cm³/mol. The van der Waals surface area contributed by atoms with Gasteiger partial charge in [-0.1, -0.05) is 12.1 Å². The highest BCUT2D eigenvalue weighted by Gasteiger charge is 2.11. The molecule has 0 aliphatic rings. The van der Waals surface area contributed by atoms with Crippen molar-refractivity contribution in [2.75, 3.05) is 19.4 Å². The first-order valence-electron chi connectivity index (χ1n) is 6.66. The number of allylic oxidation sites excluding steroid dienone is 1. The molecular weight excluding hydrogens is 293 g/mol. The van der Waals surface area contributed by atoms with E-state index in [0.29, 0.717) is 31.5 Å². The van der Waals surface area contributed by atoms with Crippen LogP contribution in [0.2, 0.25) is 0 Å². The third-order valence-corrected chi connectivity index (χ3v) is 3.58. The Morgan fingerprint density at radius 3 is 2.57 bits per heavy atom. The molecule has 0 radical (unpaired) electrons. The van der Waals surface area contributed by atoms with Crippen LogP contribution in [0, 0.1) is 10.1 Å². The van der Waals surface area contributed by atoms with E-state index in [1.807, 2.05) is 6.92 Å². The molecule has 0 amide bonds. The number of hydrogen-bond donors (Lipinski definition) is 0. The fourth-order valence-electron chi connectivity index (χ4n) is 1.46. The molecule has 1 atom stereocenters. The van der Waals surface area contributed by atoms with Gasteiger partial charge in [0, 0.05) is 19.4 Å². The SMILES string of the molecule is CC[P+](=O)OCCCOc1ccc(C=C(C)[N+](=O)[O-])cc1. The van der Waals surface area contributed by atoms with Gasteiger partial charge in [-0.15, -0.1) is 4.52 Å². The minimum absolute atomic E-state index is 0.0888. The lowest BCUT2D eigenvalue weighted by atomic mass is 10.2. The number of ether oxygens (including phenoxy) is 1. The number of rotatable bonds is 9. The Bertz CT molecular complexity index is 513. The van der Waals surface area contributed by atoms with E-state index in [4.69, 9.17) is 9.26 Å². The van der Waals surface area contributed by atoms with Crippen molar-refractivity contribution in [2.24, 2.45) is 0 Å². The molecule has 0 heterocycles. The van der Waals surface area contributed by atoms with Gasteiger partial charge < -0.3 is 4.74 Å². The van der Waals surface area contributed by atoms with Crippen LogP contribution < -0.4 is 4.74 Å². The van der Waals surface area contributed by atoms with Gasteiger partial charge in [-0.25, -0.2) is 0 Å². The van der Waals surface area contributed by atoms with Crippen LogP contribution in [0.3, 0.4) is 0 Å². The van der Waals surface area contributed by atoms with Crippen molar-refractivity contribution >= 4 is 14.1 Å². The fourth-order valence-corrected chi connectivity index (χ4v) is 1.98. The van der Waals surface area contributed by atoms with Gasteiger partial charge in [-0.3, -0.25) is 10.1 Å². The molecule has 7 heteroatoms. The summed E-state index contributed by atoms with van der Waals surface area (Å²) < 4.78 is 21.6. The fraction of sp³-hybridized carbons (Fsp3) is 0.429. The molecule has 6 nitrogen and oxygen atoms in total. The van der Waals surface area contributed by atoms with Gasteiger partial charge in [0.05, 0.1) is 11.5 Å². The van der Waals surface area contributed by atoms with Crippen LogP contribution >= 0.6 is 8.03 Å². The minimum atomic E-state index is -1.53. The van der Waals surface area contributed by atoms with Crippen LogP contribution in [0.1, 0.15) is 25.8 Å². The Morgan fingerprint density at radius 2 is 2.00 bits per heavy atom.